The Balaban J connectivity index is 2.11. The Labute approximate surface area is 104 Å². The van der Waals surface area contributed by atoms with Crippen LogP contribution in [0, 0.1) is 11.8 Å². The van der Waals surface area contributed by atoms with Crippen LogP contribution in [0.1, 0.15) is 33.1 Å². The summed E-state index contributed by atoms with van der Waals surface area (Å²) in [5, 5.41) is 0. The molecule has 1 aliphatic carbocycles. The van der Waals surface area contributed by atoms with E-state index in [1.54, 1.807) is 11.9 Å². The highest BCUT2D eigenvalue weighted by Crippen LogP contribution is 2.28. The molecule has 0 aromatic carbocycles. The molecule has 0 spiro atoms. The van der Waals surface area contributed by atoms with Crippen molar-refractivity contribution in [3.05, 3.63) is 0 Å². The molecule has 1 amide bonds. The average Bonchev–Trinajstić information content (AvgIpc) is 3.05. The zero-order valence-corrected chi connectivity index (χ0v) is 11.3. The van der Waals surface area contributed by atoms with Crippen LogP contribution in [0.15, 0.2) is 0 Å². The molecule has 1 fully saturated rings. The minimum atomic E-state index is -0.372. The van der Waals surface area contributed by atoms with E-state index in [0.29, 0.717) is 19.1 Å². The minimum absolute atomic E-state index is 0.0220. The topological polar surface area (TPSA) is 55.6 Å². The number of carbonyl (C=O) groups is 1. The van der Waals surface area contributed by atoms with Crippen molar-refractivity contribution in [2.75, 3.05) is 26.8 Å². The number of carbonyl (C=O) groups excluding carboxylic acids is 1. The van der Waals surface area contributed by atoms with Crippen LogP contribution in [0.5, 0.6) is 0 Å². The summed E-state index contributed by atoms with van der Waals surface area (Å²) in [6, 6.07) is -0.372. The summed E-state index contributed by atoms with van der Waals surface area (Å²) < 4.78 is 5.50. The van der Waals surface area contributed by atoms with E-state index in [1.807, 2.05) is 0 Å². The van der Waals surface area contributed by atoms with Gasteiger partial charge in [-0.2, -0.15) is 0 Å². The maximum atomic E-state index is 11.9. The molecule has 0 radical (unpaired) electrons. The molecule has 0 aromatic rings. The highest BCUT2D eigenvalue weighted by atomic mass is 16.5. The lowest BCUT2D eigenvalue weighted by Crippen LogP contribution is -2.43. The van der Waals surface area contributed by atoms with Gasteiger partial charge in [-0.25, -0.2) is 0 Å². The summed E-state index contributed by atoms with van der Waals surface area (Å²) in [6.45, 7) is 6.25. The highest BCUT2D eigenvalue weighted by Gasteiger charge is 2.22. The second kappa shape index (κ2) is 6.97. The van der Waals surface area contributed by atoms with Crippen molar-refractivity contribution in [2.45, 2.75) is 39.2 Å². The molecule has 4 heteroatoms. The molecule has 0 saturated heterocycles. The fourth-order valence-corrected chi connectivity index (χ4v) is 1.74. The third-order valence-corrected chi connectivity index (χ3v) is 3.04. The van der Waals surface area contributed by atoms with Crippen molar-refractivity contribution >= 4 is 5.91 Å². The Kier molecular flexibility index (Phi) is 5.92. The van der Waals surface area contributed by atoms with Crippen LogP contribution in [0.4, 0.5) is 0 Å². The molecule has 100 valence electrons. The van der Waals surface area contributed by atoms with Gasteiger partial charge in [-0.3, -0.25) is 4.79 Å². The predicted octanol–water partition coefficient (Wildman–Crippen LogP) is 1.24. The predicted molar refractivity (Wildman–Crippen MR) is 68.6 cm³/mol. The van der Waals surface area contributed by atoms with E-state index in [-0.39, 0.29) is 11.9 Å². The second-order valence-corrected chi connectivity index (χ2v) is 5.51. The molecule has 0 aromatic heterocycles. The largest absolute Gasteiger partial charge is 0.379 e. The molecule has 1 aliphatic rings. The normalized spacial score (nSPS) is 17.2. The van der Waals surface area contributed by atoms with Crippen molar-refractivity contribution in [2.24, 2.45) is 17.6 Å². The fraction of sp³-hybridized carbons (Fsp3) is 0.923. The van der Waals surface area contributed by atoms with Crippen LogP contribution in [0.2, 0.25) is 0 Å². The first-order valence-electron chi connectivity index (χ1n) is 6.59. The summed E-state index contributed by atoms with van der Waals surface area (Å²) in [5.74, 6) is 1.25. The van der Waals surface area contributed by atoms with E-state index in [1.165, 1.54) is 12.8 Å². The standard InChI is InChI=1S/C13H26N2O2/c1-10(2)8-12(14)13(16)15(3)6-7-17-9-11-4-5-11/h10-12H,4-9,14H2,1-3H3/t12-/m1/s1. The van der Waals surface area contributed by atoms with E-state index in [2.05, 4.69) is 13.8 Å². The van der Waals surface area contributed by atoms with E-state index >= 15 is 0 Å². The molecule has 17 heavy (non-hydrogen) atoms. The van der Waals surface area contributed by atoms with Crippen LogP contribution in [0.3, 0.4) is 0 Å². The number of amides is 1. The fourth-order valence-electron chi connectivity index (χ4n) is 1.74. The Hall–Kier alpha value is -0.610. The molecule has 4 nitrogen and oxygen atoms in total. The molecular formula is C13H26N2O2. The number of hydrogen-bond acceptors (Lipinski definition) is 3. The van der Waals surface area contributed by atoms with Crippen LogP contribution >= 0.6 is 0 Å². The average molecular weight is 242 g/mol. The quantitative estimate of drug-likeness (QED) is 0.652. The van der Waals surface area contributed by atoms with Crippen LogP contribution < -0.4 is 5.73 Å². The van der Waals surface area contributed by atoms with Crippen LogP contribution in [-0.2, 0) is 9.53 Å². The maximum absolute atomic E-state index is 11.9. The van der Waals surface area contributed by atoms with Gasteiger partial charge in [-0.05, 0) is 31.1 Å². The smallest absolute Gasteiger partial charge is 0.239 e. The van der Waals surface area contributed by atoms with Crippen molar-refractivity contribution < 1.29 is 9.53 Å². The van der Waals surface area contributed by atoms with Gasteiger partial charge < -0.3 is 15.4 Å². The molecule has 1 saturated carbocycles. The number of nitrogens with zero attached hydrogens (tertiary/aromatic N) is 1. The zero-order chi connectivity index (χ0) is 12.8. The molecule has 0 unspecified atom stereocenters. The maximum Gasteiger partial charge on any atom is 0.239 e. The van der Waals surface area contributed by atoms with E-state index in [0.717, 1.165) is 18.9 Å². The molecule has 2 N–H and O–H groups in total. The first-order valence-corrected chi connectivity index (χ1v) is 6.59. The lowest BCUT2D eigenvalue weighted by Gasteiger charge is -2.22. The third kappa shape index (κ3) is 6.03. The Morgan fingerprint density at radius 1 is 1.47 bits per heavy atom. The summed E-state index contributed by atoms with van der Waals surface area (Å²) in [5.41, 5.74) is 5.85. The molecular weight excluding hydrogens is 216 g/mol. The van der Waals surface area contributed by atoms with Gasteiger partial charge in [0.1, 0.15) is 0 Å². The molecule has 0 aliphatic heterocycles. The van der Waals surface area contributed by atoms with E-state index in [9.17, 15) is 4.79 Å². The molecule has 0 heterocycles. The van der Waals surface area contributed by atoms with Crippen molar-refractivity contribution in [1.29, 1.82) is 0 Å². The number of rotatable bonds is 8. The Bertz CT molecular complexity index is 240. The summed E-state index contributed by atoms with van der Waals surface area (Å²) >= 11 is 0. The first-order chi connectivity index (χ1) is 8.00. The highest BCUT2D eigenvalue weighted by molar-refractivity contribution is 5.81. The van der Waals surface area contributed by atoms with Crippen LogP contribution in [0.25, 0.3) is 0 Å². The summed E-state index contributed by atoms with van der Waals surface area (Å²) in [4.78, 5) is 13.5. The van der Waals surface area contributed by atoms with Gasteiger partial charge in [0.25, 0.3) is 0 Å². The number of nitrogens with two attached hydrogens (primary N) is 1. The summed E-state index contributed by atoms with van der Waals surface area (Å²) in [6.07, 6.45) is 3.34. The van der Waals surface area contributed by atoms with Crippen molar-refractivity contribution in [1.82, 2.24) is 4.90 Å². The lowest BCUT2D eigenvalue weighted by atomic mass is 10.0. The Morgan fingerprint density at radius 3 is 2.65 bits per heavy atom. The van der Waals surface area contributed by atoms with Gasteiger partial charge >= 0.3 is 0 Å². The molecule has 1 atom stereocenters. The second-order valence-electron chi connectivity index (χ2n) is 5.51. The van der Waals surface area contributed by atoms with Crippen molar-refractivity contribution in [3.8, 4) is 0 Å². The number of ether oxygens (including phenoxy) is 1. The number of hydrogen-bond donors (Lipinski definition) is 1. The van der Waals surface area contributed by atoms with E-state index < -0.39 is 0 Å². The van der Waals surface area contributed by atoms with Crippen LogP contribution in [-0.4, -0.2) is 43.7 Å². The third-order valence-electron chi connectivity index (χ3n) is 3.04. The lowest BCUT2D eigenvalue weighted by molar-refractivity contribution is -0.132. The van der Waals surface area contributed by atoms with Gasteiger partial charge in [0.15, 0.2) is 0 Å². The minimum Gasteiger partial charge on any atom is -0.379 e. The van der Waals surface area contributed by atoms with E-state index in [4.69, 9.17) is 10.5 Å². The number of likely N-dealkylation sites (N-methyl/N-ethyl adjacent to an activating group) is 1. The monoisotopic (exact) mass is 242 g/mol. The molecule has 0 bridgehead atoms. The van der Waals surface area contributed by atoms with Gasteiger partial charge in [0.2, 0.25) is 5.91 Å². The zero-order valence-electron chi connectivity index (χ0n) is 11.3. The Morgan fingerprint density at radius 2 is 2.12 bits per heavy atom. The molecule has 1 rings (SSSR count). The summed E-state index contributed by atoms with van der Waals surface area (Å²) in [7, 11) is 1.79. The van der Waals surface area contributed by atoms with Gasteiger partial charge in [0.05, 0.1) is 12.6 Å². The van der Waals surface area contributed by atoms with Gasteiger partial charge in [-0.1, -0.05) is 13.8 Å². The van der Waals surface area contributed by atoms with Gasteiger partial charge in [-0.15, -0.1) is 0 Å². The van der Waals surface area contributed by atoms with Gasteiger partial charge in [0, 0.05) is 20.2 Å². The SMILES string of the molecule is CC(C)C[C@@H](N)C(=O)N(C)CCOCC1CC1. The first kappa shape index (κ1) is 14.5. The van der Waals surface area contributed by atoms with Crippen molar-refractivity contribution in [3.63, 3.8) is 0 Å².